The number of nitrogens with zero attached hydrogens (tertiary/aromatic N) is 1. The van der Waals surface area contributed by atoms with E-state index in [-0.39, 0.29) is 11.4 Å². The second-order valence-corrected chi connectivity index (χ2v) is 6.61. The second kappa shape index (κ2) is 8.43. The summed E-state index contributed by atoms with van der Waals surface area (Å²) in [6.45, 7) is 9.21. The first-order chi connectivity index (χ1) is 11.0. The number of hydrogen-bond donors (Lipinski definition) is 2. The van der Waals surface area contributed by atoms with E-state index in [9.17, 15) is 4.79 Å². The minimum absolute atomic E-state index is 0.0121. The molecule has 1 saturated heterocycles. The van der Waals surface area contributed by atoms with Gasteiger partial charge >= 0.3 is 0 Å². The maximum absolute atomic E-state index is 12.6. The summed E-state index contributed by atoms with van der Waals surface area (Å²) in [6.07, 6.45) is 0.854. The predicted molar refractivity (Wildman–Crippen MR) is 92.9 cm³/mol. The van der Waals surface area contributed by atoms with Gasteiger partial charge in [-0.2, -0.15) is 0 Å². The number of amides is 1. The van der Waals surface area contributed by atoms with Crippen LogP contribution in [0.25, 0.3) is 0 Å². The van der Waals surface area contributed by atoms with Crippen LogP contribution in [-0.2, 0) is 11.2 Å². The Balaban J connectivity index is 1.96. The lowest BCUT2D eigenvalue weighted by Crippen LogP contribution is -2.55. The van der Waals surface area contributed by atoms with Crippen molar-refractivity contribution < 1.29 is 9.53 Å². The molecule has 2 rings (SSSR count). The number of carbonyl (C=O) groups excluding carboxylic acids is 1. The molecule has 1 aliphatic rings. The Bertz CT molecular complexity index is 511. The summed E-state index contributed by atoms with van der Waals surface area (Å²) in [4.78, 5) is 15.0. The molecule has 1 aliphatic heterocycles. The highest BCUT2D eigenvalue weighted by molar-refractivity contribution is 5.95. The van der Waals surface area contributed by atoms with E-state index in [1.807, 2.05) is 31.3 Å². The number of morpholine rings is 1. The number of rotatable bonds is 7. The zero-order chi connectivity index (χ0) is 16.7. The van der Waals surface area contributed by atoms with Crippen LogP contribution < -0.4 is 10.6 Å². The van der Waals surface area contributed by atoms with Crippen LogP contribution in [0, 0.1) is 0 Å². The number of likely N-dealkylation sites (N-methyl/N-ethyl adjacent to an activating group) is 1. The lowest BCUT2D eigenvalue weighted by Gasteiger charge is -2.40. The molecule has 1 heterocycles. The molecule has 0 bridgehead atoms. The topological polar surface area (TPSA) is 53.6 Å². The van der Waals surface area contributed by atoms with Gasteiger partial charge in [0, 0.05) is 30.7 Å². The number of nitrogens with one attached hydrogen (secondary N) is 2. The molecule has 1 aromatic rings. The van der Waals surface area contributed by atoms with Gasteiger partial charge in [-0.1, -0.05) is 18.2 Å². The quantitative estimate of drug-likeness (QED) is 0.795. The lowest BCUT2D eigenvalue weighted by molar-refractivity contribution is -0.00923. The summed E-state index contributed by atoms with van der Waals surface area (Å²) < 4.78 is 5.41. The Morgan fingerprint density at radius 1 is 1.26 bits per heavy atom. The Labute approximate surface area is 139 Å². The van der Waals surface area contributed by atoms with E-state index in [2.05, 4.69) is 29.4 Å². The average Bonchev–Trinajstić information content (AvgIpc) is 2.59. The molecule has 5 heteroatoms. The molecule has 2 N–H and O–H groups in total. The molecule has 0 aliphatic carbocycles. The zero-order valence-electron chi connectivity index (χ0n) is 14.5. The highest BCUT2D eigenvalue weighted by Crippen LogP contribution is 2.16. The van der Waals surface area contributed by atoms with Gasteiger partial charge < -0.3 is 15.4 Å². The fourth-order valence-electron chi connectivity index (χ4n) is 2.89. The maximum Gasteiger partial charge on any atom is 0.251 e. The van der Waals surface area contributed by atoms with Crippen molar-refractivity contribution in [3.05, 3.63) is 35.4 Å². The van der Waals surface area contributed by atoms with Crippen molar-refractivity contribution in [2.45, 2.75) is 25.8 Å². The van der Waals surface area contributed by atoms with E-state index in [0.717, 1.165) is 50.4 Å². The Kier molecular flexibility index (Phi) is 6.57. The van der Waals surface area contributed by atoms with E-state index >= 15 is 0 Å². The van der Waals surface area contributed by atoms with Crippen molar-refractivity contribution in [3.8, 4) is 0 Å². The van der Waals surface area contributed by atoms with Crippen molar-refractivity contribution in [2.24, 2.45) is 0 Å². The molecule has 23 heavy (non-hydrogen) atoms. The van der Waals surface area contributed by atoms with Crippen LogP contribution in [0.15, 0.2) is 24.3 Å². The molecule has 0 aromatic heterocycles. The van der Waals surface area contributed by atoms with E-state index in [1.54, 1.807) is 0 Å². The first kappa shape index (κ1) is 17.9. The number of hydrogen-bond acceptors (Lipinski definition) is 4. The Morgan fingerprint density at radius 3 is 2.65 bits per heavy atom. The molecule has 0 atom stereocenters. The highest BCUT2D eigenvalue weighted by atomic mass is 16.5. The third-order valence-corrected chi connectivity index (χ3v) is 4.46. The van der Waals surface area contributed by atoms with Crippen molar-refractivity contribution in [2.75, 3.05) is 46.4 Å². The van der Waals surface area contributed by atoms with E-state index in [4.69, 9.17) is 4.74 Å². The summed E-state index contributed by atoms with van der Waals surface area (Å²) in [6, 6.07) is 7.84. The van der Waals surface area contributed by atoms with Gasteiger partial charge in [0.25, 0.3) is 5.91 Å². The summed E-state index contributed by atoms with van der Waals surface area (Å²) in [5.74, 6) is 0.0121. The van der Waals surface area contributed by atoms with Crippen LogP contribution >= 0.6 is 0 Å². The van der Waals surface area contributed by atoms with Gasteiger partial charge in [-0.15, -0.1) is 0 Å². The van der Waals surface area contributed by atoms with Gasteiger partial charge in [0.15, 0.2) is 0 Å². The van der Waals surface area contributed by atoms with E-state index < -0.39 is 0 Å². The summed E-state index contributed by atoms with van der Waals surface area (Å²) in [5, 5.41) is 6.24. The molecule has 1 amide bonds. The minimum atomic E-state index is -0.0701. The number of ether oxygens (including phenoxy) is 1. The van der Waals surface area contributed by atoms with Crippen LogP contribution in [0.4, 0.5) is 0 Å². The summed E-state index contributed by atoms with van der Waals surface area (Å²) >= 11 is 0. The van der Waals surface area contributed by atoms with E-state index in [1.165, 1.54) is 0 Å². The first-order valence-corrected chi connectivity index (χ1v) is 8.38. The molecule has 0 spiro atoms. The summed E-state index contributed by atoms with van der Waals surface area (Å²) in [5.41, 5.74) is 1.79. The standard InChI is InChI=1S/C18H29N3O2/c1-18(2,21-10-12-23-13-11-21)14-20-17(22)16-7-5-4-6-15(16)8-9-19-3/h4-7,19H,8-14H2,1-3H3,(H,20,22). The van der Waals surface area contributed by atoms with Crippen LogP contribution in [-0.4, -0.2) is 62.8 Å². The minimum Gasteiger partial charge on any atom is -0.379 e. The molecular formula is C18H29N3O2. The van der Waals surface area contributed by atoms with Crippen LogP contribution in [0.1, 0.15) is 29.8 Å². The van der Waals surface area contributed by atoms with Gasteiger partial charge in [0.1, 0.15) is 0 Å². The Morgan fingerprint density at radius 2 is 1.96 bits per heavy atom. The number of benzene rings is 1. The van der Waals surface area contributed by atoms with Crippen molar-refractivity contribution >= 4 is 5.91 Å². The first-order valence-electron chi connectivity index (χ1n) is 8.38. The SMILES string of the molecule is CNCCc1ccccc1C(=O)NCC(C)(C)N1CCOCC1. The fraction of sp³-hybridized carbons (Fsp3) is 0.611. The smallest absolute Gasteiger partial charge is 0.251 e. The molecule has 1 fully saturated rings. The van der Waals surface area contributed by atoms with Gasteiger partial charge in [0.2, 0.25) is 0 Å². The molecule has 0 saturated carbocycles. The van der Waals surface area contributed by atoms with Crippen molar-refractivity contribution in [1.29, 1.82) is 0 Å². The largest absolute Gasteiger partial charge is 0.379 e. The molecule has 0 radical (unpaired) electrons. The fourth-order valence-corrected chi connectivity index (χ4v) is 2.89. The third kappa shape index (κ3) is 5.03. The summed E-state index contributed by atoms with van der Waals surface area (Å²) in [7, 11) is 1.92. The molecule has 5 nitrogen and oxygen atoms in total. The highest BCUT2D eigenvalue weighted by Gasteiger charge is 2.28. The lowest BCUT2D eigenvalue weighted by atomic mass is 10.0. The van der Waals surface area contributed by atoms with Gasteiger partial charge in [-0.25, -0.2) is 0 Å². The third-order valence-electron chi connectivity index (χ3n) is 4.46. The van der Waals surface area contributed by atoms with Crippen LogP contribution in [0.3, 0.4) is 0 Å². The van der Waals surface area contributed by atoms with Gasteiger partial charge in [-0.3, -0.25) is 9.69 Å². The normalized spacial score (nSPS) is 16.3. The molecule has 1 aromatic carbocycles. The molecular weight excluding hydrogens is 290 g/mol. The van der Waals surface area contributed by atoms with Gasteiger partial charge in [0.05, 0.1) is 13.2 Å². The average molecular weight is 319 g/mol. The van der Waals surface area contributed by atoms with E-state index in [0.29, 0.717) is 6.54 Å². The van der Waals surface area contributed by atoms with Crippen LogP contribution in [0.5, 0.6) is 0 Å². The van der Waals surface area contributed by atoms with Crippen molar-refractivity contribution in [1.82, 2.24) is 15.5 Å². The molecule has 0 unspecified atom stereocenters. The second-order valence-electron chi connectivity index (χ2n) is 6.61. The molecule has 128 valence electrons. The predicted octanol–water partition coefficient (Wildman–Crippen LogP) is 1.29. The zero-order valence-corrected chi connectivity index (χ0v) is 14.5. The Hall–Kier alpha value is -1.43. The van der Waals surface area contributed by atoms with Crippen molar-refractivity contribution in [3.63, 3.8) is 0 Å². The number of carbonyl (C=O) groups is 1. The van der Waals surface area contributed by atoms with Crippen LogP contribution in [0.2, 0.25) is 0 Å². The maximum atomic E-state index is 12.6. The monoisotopic (exact) mass is 319 g/mol. The van der Waals surface area contributed by atoms with Gasteiger partial charge in [-0.05, 0) is 45.5 Å².